The Hall–Kier alpha value is -3.10. The predicted octanol–water partition coefficient (Wildman–Crippen LogP) is 1.98. The molecule has 0 saturated heterocycles. The fourth-order valence-electron chi connectivity index (χ4n) is 2.20. The van der Waals surface area contributed by atoms with Gasteiger partial charge in [-0.25, -0.2) is 13.2 Å². The zero-order valence-electron chi connectivity index (χ0n) is 11.7. The lowest BCUT2D eigenvalue weighted by molar-refractivity contribution is 0.0959. The summed E-state index contributed by atoms with van der Waals surface area (Å²) in [4.78, 5) is 15.4. The van der Waals surface area contributed by atoms with Gasteiger partial charge < -0.3 is 11.1 Å². The largest absolute Gasteiger partial charge is 0.396 e. The van der Waals surface area contributed by atoms with Gasteiger partial charge in [0.05, 0.1) is 16.6 Å². The number of pyridine rings is 1. The number of carbonyl (C=O) groups excluding carboxylic acids is 1. The molecule has 0 radical (unpaired) electrons. The van der Waals surface area contributed by atoms with Gasteiger partial charge in [0.15, 0.2) is 11.6 Å². The molecule has 0 atom stereocenters. The number of halogens is 3. The molecule has 0 spiro atoms. The van der Waals surface area contributed by atoms with Crippen LogP contribution in [0.15, 0.2) is 18.3 Å². The maximum absolute atomic E-state index is 14.6. The van der Waals surface area contributed by atoms with Crippen LogP contribution in [0.1, 0.15) is 10.5 Å². The number of aromatic amines is 1. The molecule has 0 fully saturated rings. The van der Waals surface area contributed by atoms with Gasteiger partial charge in [-0.15, -0.1) is 0 Å². The van der Waals surface area contributed by atoms with Gasteiger partial charge in [0.2, 0.25) is 0 Å². The van der Waals surface area contributed by atoms with Gasteiger partial charge >= 0.3 is 0 Å². The number of fused-ring (bicyclic) bond motifs is 1. The lowest BCUT2D eigenvalue weighted by Gasteiger charge is -2.08. The number of aromatic nitrogens is 3. The molecular weight excluding hydrogens is 311 g/mol. The van der Waals surface area contributed by atoms with Crippen LogP contribution in [-0.4, -0.2) is 28.1 Å². The van der Waals surface area contributed by atoms with Crippen molar-refractivity contribution in [2.45, 2.75) is 0 Å². The van der Waals surface area contributed by atoms with Gasteiger partial charge in [-0.2, -0.15) is 5.10 Å². The third-order valence-electron chi connectivity index (χ3n) is 3.35. The highest BCUT2D eigenvalue weighted by atomic mass is 19.1. The number of benzene rings is 1. The molecule has 2 heterocycles. The van der Waals surface area contributed by atoms with Crippen molar-refractivity contribution in [3.05, 3.63) is 41.5 Å². The molecule has 2 aromatic heterocycles. The van der Waals surface area contributed by atoms with Gasteiger partial charge in [-0.1, -0.05) is 0 Å². The highest BCUT2D eigenvalue weighted by Gasteiger charge is 2.23. The van der Waals surface area contributed by atoms with Crippen molar-refractivity contribution in [2.75, 3.05) is 12.8 Å². The van der Waals surface area contributed by atoms with E-state index in [-0.39, 0.29) is 22.3 Å². The van der Waals surface area contributed by atoms with E-state index in [9.17, 15) is 18.0 Å². The van der Waals surface area contributed by atoms with Gasteiger partial charge in [0.1, 0.15) is 22.7 Å². The zero-order chi connectivity index (χ0) is 16.7. The quantitative estimate of drug-likeness (QED) is 0.629. The van der Waals surface area contributed by atoms with E-state index in [0.29, 0.717) is 0 Å². The second-order valence-electron chi connectivity index (χ2n) is 4.69. The van der Waals surface area contributed by atoms with Gasteiger partial charge in [0.25, 0.3) is 5.91 Å². The van der Waals surface area contributed by atoms with E-state index < -0.39 is 34.6 Å². The molecule has 0 aliphatic carbocycles. The average Bonchev–Trinajstić information content (AvgIpc) is 2.97. The summed E-state index contributed by atoms with van der Waals surface area (Å²) in [5.74, 6) is -3.71. The number of rotatable bonds is 2. The Kier molecular flexibility index (Phi) is 3.40. The summed E-state index contributed by atoms with van der Waals surface area (Å²) in [6, 6.07) is 1.95. The summed E-state index contributed by atoms with van der Waals surface area (Å²) in [5.41, 5.74) is 3.53. The lowest BCUT2D eigenvalue weighted by atomic mass is 10.1. The number of amides is 1. The molecule has 1 aromatic carbocycles. The van der Waals surface area contributed by atoms with Crippen LogP contribution in [0.25, 0.3) is 22.2 Å². The fourth-order valence-corrected chi connectivity index (χ4v) is 2.20. The second kappa shape index (κ2) is 5.27. The average molecular weight is 321 g/mol. The van der Waals surface area contributed by atoms with Crippen LogP contribution in [0.5, 0.6) is 0 Å². The number of nitrogens with two attached hydrogens (primary N) is 1. The van der Waals surface area contributed by atoms with E-state index in [1.807, 2.05) is 0 Å². The van der Waals surface area contributed by atoms with Crippen LogP contribution in [0.2, 0.25) is 0 Å². The lowest BCUT2D eigenvalue weighted by Crippen LogP contribution is -2.18. The van der Waals surface area contributed by atoms with E-state index in [0.717, 1.165) is 18.3 Å². The number of H-pyrrole nitrogens is 1. The summed E-state index contributed by atoms with van der Waals surface area (Å²) in [7, 11) is 1.39. The van der Waals surface area contributed by atoms with Crippen molar-refractivity contribution in [1.29, 1.82) is 0 Å². The Morgan fingerprint density at radius 2 is 2.00 bits per heavy atom. The summed E-state index contributed by atoms with van der Waals surface area (Å²) in [6.07, 6.45) is 1.11. The van der Waals surface area contributed by atoms with Crippen molar-refractivity contribution in [2.24, 2.45) is 0 Å². The molecule has 1 amide bonds. The first-order valence-electron chi connectivity index (χ1n) is 6.44. The maximum atomic E-state index is 14.6. The van der Waals surface area contributed by atoms with Crippen molar-refractivity contribution < 1.29 is 18.0 Å². The van der Waals surface area contributed by atoms with Crippen LogP contribution in [0.4, 0.5) is 18.9 Å². The van der Waals surface area contributed by atoms with E-state index in [2.05, 4.69) is 20.5 Å². The normalized spacial score (nSPS) is 11.0. The second-order valence-corrected chi connectivity index (χ2v) is 4.69. The minimum absolute atomic E-state index is 0.00558. The number of hydrogen-bond acceptors (Lipinski definition) is 4. The van der Waals surface area contributed by atoms with Gasteiger partial charge in [-0.3, -0.25) is 14.9 Å². The molecule has 3 rings (SSSR count). The number of anilines is 1. The fraction of sp³-hybridized carbons (Fsp3) is 0.0714. The summed E-state index contributed by atoms with van der Waals surface area (Å²) in [6.45, 7) is 0. The summed E-state index contributed by atoms with van der Waals surface area (Å²) < 4.78 is 42.5. The van der Waals surface area contributed by atoms with Crippen LogP contribution < -0.4 is 11.1 Å². The highest BCUT2D eigenvalue weighted by molar-refractivity contribution is 6.04. The smallest absolute Gasteiger partial charge is 0.269 e. The van der Waals surface area contributed by atoms with Crippen molar-refractivity contribution in [1.82, 2.24) is 20.5 Å². The Bertz CT molecular complexity index is 938. The topological polar surface area (TPSA) is 96.7 Å². The first kappa shape index (κ1) is 14.8. The Morgan fingerprint density at radius 1 is 1.26 bits per heavy atom. The van der Waals surface area contributed by atoms with Gasteiger partial charge in [-0.05, 0) is 12.1 Å². The zero-order valence-corrected chi connectivity index (χ0v) is 11.7. The van der Waals surface area contributed by atoms with Crippen LogP contribution in [0, 0.1) is 17.5 Å². The summed E-state index contributed by atoms with van der Waals surface area (Å²) in [5, 5.41) is 8.50. The minimum Gasteiger partial charge on any atom is -0.396 e. The molecule has 6 nitrogen and oxygen atoms in total. The molecule has 0 aliphatic heterocycles. The molecular formula is C14H10F3N5O. The van der Waals surface area contributed by atoms with Crippen molar-refractivity contribution >= 4 is 22.5 Å². The number of nitrogens with zero attached hydrogens (tertiary/aromatic N) is 2. The Morgan fingerprint density at radius 3 is 2.70 bits per heavy atom. The van der Waals surface area contributed by atoms with E-state index >= 15 is 0 Å². The number of hydrogen-bond donors (Lipinski definition) is 3. The number of nitrogens with one attached hydrogen (secondary N) is 2. The number of nitrogen functional groups attached to an aromatic ring is 1. The van der Waals surface area contributed by atoms with Crippen molar-refractivity contribution in [3.63, 3.8) is 0 Å². The third-order valence-corrected chi connectivity index (χ3v) is 3.35. The molecule has 23 heavy (non-hydrogen) atoms. The first-order chi connectivity index (χ1) is 11.0. The van der Waals surface area contributed by atoms with Crippen LogP contribution in [0.3, 0.4) is 0 Å². The van der Waals surface area contributed by atoms with Crippen LogP contribution in [-0.2, 0) is 0 Å². The van der Waals surface area contributed by atoms with E-state index in [1.54, 1.807) is 0 Å². The van der Waals surface area contributed by atoms with E-state index in [1.165, 1.54) is 7.05 Å². The van der Waals surface area contributed by atoms with Crippen LogP contribution >= 0.6 is 0 Å². The predicted molar refractivity (Wildman–Crippen MR) is 77.0 cm³/mol. The standard InChI is InChI=1S/C14H10F3N5O/c1-19-14(23)12-5-4-20-13(10(17)11(5)21-22-12)8-6(15)2-3-7(18)9(8)16/h2-4H,18H2,1H3,(H,19,23)(H,21,22). The first-order valence-corrected chi connectivity index (χ1v) is 6.44. The molecule has 0 aliphatic rings. The molecule has 0 bridgehead atoms. The molecule has 4 N–H and O–H groups in total. The molecule has 3 aromatic rings. The Balaban J connectivity index is 2.28. The van der Waals surface area contributed by atoms with Gasteiger partial charge in [0, 0.05) is 13.2 Å². The molecule has 0 unspecified atom stereocenters. The highest BCUT2D eigenvalue weighted by Crippen LogP contribution is 2.32. The minimum atomic E-state index is -1.11. The number of carbonyl (C=O) groups is 1. The third kappa shape index (κ3) is 2.17. The Labute approximate surface area is 127 Å². The SMILES string of the molecule is CNC(=O)c1[nH]nc2c(F)c(-c3c(F)ccc(N)c3F)ncc12. The molecule has 9 heteroatoms. The molecule has 118 valence electrons. The van der Waals surface area contributed by atoms with Crippen molar-refractivity contribution in [3.8, 4) is 11.3 Å². The van der Waals surface area contributed by atoms with E-state index in [4.69, 9.17) is 5.73 Å². The monoisotopic (exact) mass is 321 g/mol. The maximum Gasteiger partial charge on any atom is 0.269 e. The summed E-state index contributed by atoms with van der Waals surface area (Å²) >= 11 is 0. The molecule has 0 saturated carbocycles.